The number of nitrogens with one attached hydrogen (secondary N) is 1. The van der Waals surface area contributed by atoms with Crippen molar-refractivity contribution in [1.82, 2.24) is 19.6 Å². The normalized spacial score (nSPS) is 27.1. The molecular weight excluding hydrogens is 248 g/mol. The quantitative estimate of drug-likeness (QED) is 0.903. The Bertz CT molecular complexity index is 614. The van der Waals surface area contributed by atoms with Gasteiger partial charge in [-0.3, -0.25) is 4.90 Å². The largest absolute Gasteiger partial charge is 0.315 e. The summed E-state index contributed by atoms with van der Waals surface area (Å²) in [6, 6.07) is 6.94. The zero-order valence-electron chi connectivity index (χ0n) is 12.0. The highest BCUT2D eigenvalue weighted by Gasteiger charge is 2.31. The molecule has 2 bridgehead atoms. The van der Waals surface area contributed by atoms with Crippen molar-refractivity contribution in [1.29, 1.82) is 0 Å². The van der Waals surface area contributed by atoms with Crippen LogP contribution in [-0.2, 0) is 6.54 Å². The minimum atomic E-state index is 0.697. The number of nitrogens with zero attached hydrogens (tertiary/aromatic N) is 3. The highest BCUT2D eigenvalue weighted by Crippen LogP contribution is 2.26. The van der Waals surface area contributed by atoms with E-state index in [2.05, 4.69) is 50.9 Å². The Morgan fingerprint density at radius 1 is 1.30 bits per heavy atom. The van der Waals surface area contributed by atoms with Crippen LogP contribution in [0.2, 0.25) is 0 Å². The van der Waals surface area contributed by atoms with E-state index in [1.807, 2.05) is 0 Å². The van der Waals surface area contributed by atoms with Crippen LogP contribution in [0.5, 0.6) is 0 Å². The van der Waals surface area contributed by atoms with Gasteiger partial charge in [-0.05, 0) is 44.4 Å². The maximum absolute atomic E-state index is 4.68. The van der Waals surface area contributed by atoms with Crippen LogP contribution in [0.1, 0.15) is 24.2 Å². The number of piperidine rings is 1. The molecule has 2 aromatic heterocycles. The molecule has 4 nitrogen and oxygen atoms in total. The van der Waals surface area contributed by atoms with Crippen LogP contribution in [0.3, 0.4) is 0 Å². The van der Waals surface area contributed by atoms with Gasteiger partial charge in [-0.15, -0.1) is 0 Å². The third-order valence-electron chi connectivity index (χ3n) is 4.91. The molecule has 0 aromatic carbocycles. The van der Waals surface area contributed by atoms with Crippen molar-refractivity contribution in [2.24, 2.45) is 5.92 Å². The number of fused-ring (bicyclic) bond motifs is 5. The van der Waals surface area contributed by atoms with E-state index in [1.54, 1.807) is 0 Å². The molecule has 0 spiro atoms. The third kappa shape index (κ3) is 2.03. The summed E-state index contributed by atoms with van der Waals surface area (Å²) in [7, 11) is 0. The van der Waals surface area contributed by atoms with Gasteiger partial charge in [0.2, 0.25) is 0 Å². The van der Waals surface area contributed by atoms with Crippen LogP contribution in [0, 0.1) is 12.8 Å². The summed E-state index contributed by atoms with van der Waals surface area (Å²) >= 11 is 0. The van der Waals surface area contributed by atoms with Crippen molar-refractivity contribution in [2.45, 2.75) is 32.4 Å². The number of hydrogen-bond donors (Lipinski definition) is 1. The molecule has 3 aliphatic rings. The topological polar surface area (TPSA) is 32.6 Å². The van der Waals surface area contributed by atoms with Crippen molar-refractivity contribution in [3.63, 3.8) is 0 Å². The zero-order chi connectivity index (χ0) is 13.5. The van der Waals surface area contributed by atoms with Crippen LogP contribution in [0.4, 0.5) is 0 Å². The summed E-state index contributed by atoms with van der Waals surface area (Å²) in [5, 5.41) is 3.61. The Morgan fingerprint density at radius 3 is 3.20 bits per heavy atom. The Kier molecular flexibility index (Phi) is 3.00. The van der Waals surface area contributed by atoms with Crippen LogP contribution >= 0.6 is 0 Å². The first kappa shape index (κ1) is 12.4. The number of aromatic nitrogens is 2. The fourth-order valence-electron chi connectivity index (χ4n) is 3.78. The van der Waals surface area contributed by atoms with Gasteiger partial charge in [0.25, 0.3) is 0 Å². The van der Waals surface area contributed by atoms with E-state index in [0.717, 1.165) is 24.7 Å². The first-order chi connectivity index (χ1) is 9.81. The van der Waals surface area contributed by atoms with Gasteiger partial charge in [0.1, 0.15) is 5.65 Å². The summed E-state index contributed by atoms with van der Waals surface area (Å²) < 4.78 is 2.25. The van der Waals surface area contributed by atoms with Crippen LogP contribution < -0.4 is 5.32 Å². The number of pyridine rings is 1. The van der Waals surface area contributed by atoms with E-state index < -0.39 is 0 Å². The maximum atomic E-state index is 4.68. The molecule has 106 valence electrons. The zero-order valence-corrected chi connectivity index (χ0v) is 12.0. The van der Waals surface area contributed by atoms with Crippen molar-refractivity contribution < 1.29 is 0 Å². The van der Waals surface area contributed by atoms with E-state index in [0.29, 0.717) is 6.04 Å². The maximum Gasteiger partial charge on any atom is 0.137 e. The second-order valence-corrected chi connectivity index (χ2v) is 6.26. The number of aryl methyl sites for hydroxylation is 1. The Hall–Kier alpha value is -1.39. The summed E-state index contributed by atoms with van der Waals surface area (Å²) in [6.07, 6.45) is 4.87. The molecule has 0 aliphatic carbocycles. The van der Waals surface area contributed by atoms with Gasteiger partial charge < -0.3 is 9.72 Å². The molecule has 2 atom stereocenters. The molecule has 5 heterocycles. The number of rotatable bonds is 2. The van der Waals surface area contributed by atoms with Crippen molar-refractivity contribution >= 4 is 5.65 Å². The van der Waals surface area contributed by atoms with E-state index >= 15 is 0 Å². The fraction of sp³-hybridized carbons (Fsp3) is 0.562. The van der Waals surface area contributed by atoms with E-state index in [9.17, 15) is 0 Å². The molecule has 2 aromatic rings. The lowest BCUT2D eigenvalue weighted by Gasteiger charge is -2.36. The van der Waals surface area contributed by atoms with Crippen molar-refractivity contribution in [2.75, 3.05) is 19.6 Å². The minimum Gasteiger partial charge on any atom is -0.315 e. The first-order valence-electron chi connectivity index (χ1n) is 7.68. The predicted molar refractivity (Wildman–Crippen MR) is 79.7 cm³/mol. The van der Waals surface area contributed by atoms with Crippen LogP contribution in [-0.4, -0.2) is 40.0 Å². The molecule has 5 rings (SSSR count). The summed E-state index contributed by atoms with van der Waals surface area (Å²) in [5.41, 5.74) is 3.59. The Balaban J connectivity index is 1.65. The van der Waals surface area contributed by atoms with Crippen molar-refractivity contribution in [3.8, 4) is 0 Å². The average molecular weight is 270 g/mol. The summed E-state index contributed by atoms with van der Waals surface area (Å²) in [5.74, 6) is 0.827. The number of imidazole rings is 1. The van der Waals surface area contributed by atoms with E-state index in [1.165, 1.54) is 37.3 Å². The lowest BCUT2D eigenvalue weighted by Crippen LogP contribution is -2.43. The third-order valence-corrected chi connectivity index (χ3v) is 4.91. The minimum absolute atomic E-state index is 0.697. The van der Waals surface area contributed by atoms with Gasteiger partial charge >= 0.3 is 0 Å². The van der Waals surface area contributed by atoms with Gasteiger partial charge in [-0.25, -0.2) is 4.98 Å². The lowest BCUT2D eigenvalue weighted by atomic mass is 9.95. The molecular formula is C16H22N4. The number of hydrogen-bond acceptors (Lipinski definition) is 3. The molecule has 3 fully saturated rings. The van der Waals surface area contributed by atoms with E-state index in [-0.39, 0.29) is 0 Å². The average Bonchev–Trinajstić information content (AvgIpc) is 2.65. The fourth-order valence-corrected chi connectivity index (χ4v) is 3.78. The Morgan fingerprint density at radius 2 is 2.25 bits per heavy atom. The van der Waals surface area contributed by atoms with E-state index in [4.69, 9.17) is 0 Å². The second kappa shape index (κ2) is 4.86. The molecule has 0 radical (unpaired) electrons. The van der Waals surface area contributed by atoms with Crippen LogP contribution in [0.15, 0.2) is 24.4 Å². The van der Waals surface area contributed by atoms with Crippen LogP contribution in [0.25, 0.3) is 5.65 Å². The highest BCUT2D eigenvalue weighted by molar-refractivity contribution is 5.42. The summed E-state index contributed by atoms with van der Waals surface area (Å²) in [6.45, 7) is 6.74. The van der Waals surface area contributed by atoms with Gasteiger partial charge in [-0.1, -0.05) is 6.07 Å². The van der Waals surface area contributed by atoms with Gasteiger partial charge in [0, 0.05) is 31.9 Å². The monoisotopic (exact) mass is 270 g/mol. The van der Waals surface area contributed by atoms with Gasteiger partial charge in [0.15, 0.2) is 0 Å². The SMILES string of the molecule is Cc1nc2ccccn2c1CN1C[C@@H]2CC[C@H]1CNC2. The first-order valence-corrected chi connectivity index (χ1v) is 7.68. The van der Waals surface area contributed by atoms with Gasteiger partial charge in [-0.2, -0.15) is 0 Å². The summed E-state index contributed by atoms with van der Waals surface area (Å²) in [4.78, 5) is 7.35. The van der Waals surface area contributed by atoms with Gasteiger partial charge in [0.05, 0.1) is 11.4 Å². The lowest BCUT2D eigenvalue weighted by molar-refractivity contribution is 0.124. The smallest absolute Gasteiger partial charge is 0.137 e. The molecule has 0 unspecified atom stereocenters. The molecule has 1 N–H and O–H groups in total. The molecule has 4 heteroatoms. The second-order valence-electron chi connectivity index (χ2n) is 6.26. The molecule has 0 saturated carbocycles. The predicted octanol–water partition coefficient (Wildman–Crippen LogP) is 1.83. The Labute approximate surface area is 119 Å². The molecule has 20 heavy (non-hydrogen) atoms. The highest BCUT2D eigenvalue weighted by atomic mass is 15.2. The molecule has 3 saturated heterocycles. The molecule has 0 amide bonds. The van der Waals surface area contributed by atoms with Crippen molar-refractivity contribution in [3.05, 3.63) is 35.8 Å². The standard InChI is InChI=1S/C16H22N4/c1-12-15(20-7-3-2-4-16(20)18-12)11-19-10-13-5-6-14(19)9-17-8-13/h2-4,7,13-14,17H,5-6,8-11H2,1H3/t13-,14+/m1/s1. The molecule has 3 aliphatic heterocycles.